The van der Waals surface area contributed by atoms with Crippen LogP contribution in [0.4, 0.5) is 0 Å². The third-order valence-electron chi connectivity index (χ3n) is 4.46. The number of aryl methyl sites for hydroxylation is 1. The lowest BCUT2D eigenvalue weighted by molar-refractivity contribution is 0.0595. The van der Waals surface area contributed by atoms with Crippen LogP contribution >= 0.6 is 0 Å². The molecule has 1 aliphatic carbocycles. The van der Waals surface area contributed by atoms with E-state index >= 15 is 0 Å². The van der Waals surface area contributed by atoms with E-state index in [9.17, 15) is 9.59 Å². The van der Waals surface area contributed by atoms with Crippen molar-refractivity contribution in [3.63, 3.8) is 0 Å². The highest BCUT2D eigenvalue weighted by Crippen LogP contribution is 2.29. The van der Waals surface area contributed by atoms with Crippen molar-refractivity contribution < 1.29 is 19.1 Å². The number of carbonyl (C=O) groups is 2. The van der Waals surface area contributed by atoms with Gasteiger partial charge in [-0.15, -0.1) is 0 Å². The molecule has 2 atom stereocenters. The average molecular weight is 293 g/mol. The van der Waals surface area contributed by atoms with E-state index in [4.69, 9.17) is 9.52 Å². The molecule has 0 radical (unpaired) electrons. The molecule has 21 heavy (non-hydrogen) atoms. The number of amides is 1. The molecule has 1 aromatic heterocycles. The van der Waals surface area contributed by atoms with E-state index in [1.54, 1.807) is 11.9 Å². The molecule has 1 N–H and O–H groups in total. The predicted molar refractivity (Wildman–Crippen MR) is 78.6 cm³/mol. The first-order valence-electron chi connectivity index (χ1n) is 7.58. The number of carboxylic acids is 1. The van der Waals surface area contributed by atoms with E-state index in [0.29, 0.717) is 18.1 Å². The second kappa shape index (κ2) is 6.33. The number of carboxylic acid groups (broad SMARTS) is 1. The molecule has 2 unspecified atom stereocenters. The molecule has 0 aromatic carbocycles. The zero-order chi connectivity index (χ0) is 15.6. The highest BCUT2D eigenvalue weighted by Gasteiger charge is 2.30. The Hall–Kier alpha value is -1.78. The fourth-order valence-corrected chi connectivity index (χ4v) is 3.17. The second-order valence-corrected chi connectivity index (χ2v) is 5.85. The Bertz CT molecular complexity index is 534. The lowest BCUT2D eigenvalue weighted by atomic mass is 9.85. The molecular formula is C16H23NO4. The van der Waals surface area contributed by atoms with Crippen LogP contribution in [0.5, 0.6) is 0 Å². The first-order valence-corrected chi connectivity index (χ1v) is 7.58. The lowest BCUT2D eigenvalue weighted by Gasteiger charge is -2.35. The Balaban J connectivity index is 2.21. The van der Waals surface area contributed by atoms with E-state index in [1.807, 2.05) is 6.92 Å². The van der Waals surface area contributed by atoms with Gasteiger partial charge < -0.3 is 14.4 Å². The molecule has 1 aromatic rings. The van der Waals surface area contributed by atoms with Crippen molar-refractivity contribution in [3.05, 3.63) is 23.2 Å². The molecule has 1 amide bonds. The van der Waals surface area contributed by atoms with Crippen LogP contribution in [-0.4, -0.2) is 35.0 Å². The van der Waals surface area contributed by atoms with Crippen LogP contribution in [0, 0.1) is 5.92 Å². The van der Waals surface area contributed by atoms with Crippen LogP contribution in [0.25, 0.3) is 0 Å². The SMILES string of the molecule is CCc1oc(C(=O)N(C)C2CCCCC2C)cc1C(=O)O. The number of hydrogen-bond donors (Lipinski definition) is 1. The van der Waals surface area contributed by atoms with Gasteiger partial charge in [0.25, 0.3) is 5.91 Å². The Morgan fingerprint density at radius 1 is 1.38 bits per heavy atom. The van der Waals surface area contributed by atoms with E-state index in [1.165, 1.54) is 12.5 Å². The topological polar surface area (TPSA) is 70.8 Å². The maximum Gasteiger partial charge on any atom is 0.339 e. The zero-order valence-corrected chi connectivity index (χ0v) is 12.9. The van der Waals surface area contributed by atoms with Gasteiger partial charge >= 0.3 is 5.97 Å². The highest BCUT2D eigenvalue weighted by molar-refractivity contribution is 5.96. The van der Waals surface area contributed by atoms with Crippen molar-refractivity contribution >= 4 is 11.9 Å². The molecule has 116 valence electrons. The number of hydrogen-bond acceptors (Lipinski definition) is 3. The van der Waals surface area contributed by atoms with Crippen molar-refractivity contribution in [3.8, 4) is 0 Å². The van der Waals surface area contributed by atoms with E-state index in [0.717, 1.165) is 19.3 Å². The number of carbonyl (C=O) groups excluding carboxylic acids is 1. The molecule has 2 rings (SSSR count). The molecule has 1 fully saturated rings. The van der Waals surface area contributed by atoms with Crippen LogP contribution < -0.4 is 0 Å². The molecule has 0 saturated heterocycles. The summed E-state index contributed by atoms with van der Waals surface area (Å²) in [7, 11) is 1.78. The Morgan fingerprint density at radius 3 is 2.57 bits per heavy atom. The largest absolute Gasteiger partial charge is 0.478 e. The van der Waals surface area contributed by atoms with Crippen molar-refractivity contribution in [2.45, 2.75) is 52.0 Å². The fraction of sp³-hybridized carbons (Fsp3) is 0.625. The predicted octanol–water partition coefficient (Wildman–Crippen LogP) is 3.19. The smallest absolute Gasteiger partial charge is 0.339 e. The van der Waals surface area contributed by atoms with Gasteiger partial charge in [0.2, 0.25) is 0 Å². The van der Waals surface area contributed by atoms with Gasteiger partial charge in [0.05, 0.1) is 0 Å². The minimum Gasteiger partial charge on any atom is -0.478 e. The van der Waals surface area contributed by atoms with Gasteiger partial charge in [0.1, 0.15) is 11.3 Å². The lowest BCUT2D eigenvalue weighted by Crippen LogP contribution is -2.42. The Labute approximate surface area is 124 Å². The molecule has 1 saturated carbocycles. The summed E-state index contributed by atoms with van der Waals surface area (Å²) in [5, 5.41) is 9.14. The monoisotopic (exact) mass is 293 g/mol. The zero-order valence-electron chi connectivity index (χ0n) is 12.9. The summed E-state index contributed by atoms with van der Waals surface area (Å²) in [6.45, 7) is 3.97. The quantitative estimate of drug-likeness (QED) is 0.925. The molecule has 5 heteroatoms. The second-order valence-electron chi connectivity index (χ2n) is 5.85. The number of nitrogens with zero attached hydrogens (tertiary/aromatic N) is 1. The van der Waals surface area contributed by atoms with Crippen LogP contribution in [0.2, 0.25) is 0 Å². The molecule has 1 heterocycles. The summed E-state index contributed by atoms with van der Waals surface area (Å²) >= 11 is 0. The number of furan rings is 1. The summed E-state index contributed by atoms with van der Waals surface area (Å²) in [4.78, 5) is 25.4. The standard InChI is InChI=1S/C16H23NO4/c1-4-13-11(16(19)20)9-14(21-13)15(18)17(3)12-8-6-5-7-10(12)2/h9-10,12H,4-8H2,1-3H3,(H,19,20). The maximum atomic E-state index is 12.5. The van der Waals surface area contributed by atoms with Gasteiger partial charge in [0.15, 0.2) is 5.76 Å². The van der Waals surface area contributed by atoms with Crippen LogP contribution in [0.1, 0.15) is 66.2 Å². The Kier molecular flexibility index (Phi) is 4.70. The molecule has 0 spiro atoms. The minimum atomic E-state index is -1.05. The van der Waals surface area contributed by atoms with Crippen LogP contribution in [-0.2, 0) is 6.42 Å². The van der Waals surface area contributed by atoms with Crippen molar-refractivity contribution in [1.82, 2.24) is 4.90 Å². The Morgan fingerprint density at radius 2 is 2.05 bits per heavy atom. The first kappa shape index (κ1) is 15.6. The van der Waals surface area contributed by atoms with E-state index < -0.39 is 5.97 Å². The molecule has 1 aliphatic rings. The molecular weight excluding hydrogens is 270 g/mol. The third kappa shape index (κ3) is 3.12. The normalized spacial score (nSPS) is 22.0. The minimum absolute atomic E-state index is 0.0888. The molecule has 0 aliphatic heterocycles. The average Bonchev–Trinajstić information content (AvgIpc) is 2.90. The summed E-state index contributed by atoms with van der Waals surface area (Å²) in [5.41, 5.74) is 0.0888. The first-order chi connectivity index (χ1) is 9.95. The number of rotatable bonds is 4. The van der Waals surface area contributed by atoms with Gasteiger partial charge in [-0.1, -0.05) is 26.7 Å². The van der Waals surface area contributed by atoms with E-state index in [-0.39, 0.29) is 23.3 Å². The van der Waals surface area contributed by atoms with Gasteiger partial charge in [-0.25, -0.2) is 4.79 Å². The highest BCUT2D eigenvalue weighted by atomic mass is 16.4. The van der Waals surface area contributed by atoms with Gasteiger partial charge in [0, 0.05) is 25.6 Å². The van der Waals surface area contributed by atoms with Gasteiger partial charge in [-0.3, -0.25) is 4.79 Å². The number of aromatic carboxylic acids is 1. The fourth-order valence-electron chi connectivity index (χ4n) is 3.17. The van der Waals surface area contributed by atoms with Crippen molar-refractivity contribution in [1.29, 1.82) is 0 Å². The van der Waals surface area contributed by atoms with Crippen LogP contribution in [0.15, 0.2) is 10.5 Å². The molecule has 0 bridgehead atoms. The van der Waals surface area contributed by atoms with Crippen LogP contribution in [0.3, 0.4) is 0 Å². The summed E-state index contributed by atoms with van der Waals surface area (Å²) in [6.07, 6.45) is 4.92. The summed E-state index contributed by atoms with van der Waals surface area (Å²) < 4.78 is 5.46. The summed E-state index contributed by atoms with van der Waals surface area (Å²) in [5.74, 6) is -0.327. The van der Waals surface area contributed by atoms with Crippen molar-refractivity contribution in [2.75, 3.05) is 7.05 Å². The molecule has 5 nitrogen and oxygen atoms in total. The van der Waals surface area contributed by atoms with Crippen molar-refractivity contribution in [2.24, 2.45) is 5.92 Å². The van der Waals surface area contributed by atoms with E-state index in [2.05, 4.69) is 6.92 Å². The van der Waals surface area contributed by atoms with Gasteiger partial charge in [-0.2, -0.15) is 0 Å². The third-order valence-corrected chi connectivity index (χ3v) is 4.46. The summed E-state index contributed by atoms with van der Waals surface area (Å²) in [6, 6.07) is 1.56. The maximum absolute atomic E-state index is 12.5. The van der Waals surface area contributed by atoms with Gasteiger partial charge in [-0.05, 0) is 18.8 Å².